The van der Waals surface area contributed by atoms with Gasteiger partial charge in [-0.15, -0.1) is 11.3 Å². The Morgan fingerprint density at radius 2 is 1.85 bits per heavy atom. The number of aromatic nitrogens is 1. The Morgan fingerprint density at radius 3 is 2.59 bits per heavy atom. The molecule has 1 aromatic heterocycles. The second-order valence-corrected chi connectivity index (χ2v) is 8.08. The van der Waals surface area contributed by atoms with Crippen LogP contribution in [-0.4, -0.2) is 65.9 Å². The van der Waals surface area contributed by atoms with Crippen molar-refractivity contribution in [1.29, 1.82) is 0 Å². The van der Waals surface area contributed by atoms with Crippen molar-refractivity contribution in [2.75, 3.05) is 44.2 Å². The Bertz CT molecular complexity index is 842. The fourth-order valence-electron chi connectivity index (χ4n) is 3.75. The molecule has 4 rings (SSSR count). The van der Waals surface area contributed by atoms with Gasteiger partial charge in [-0.2, -0.15) is 0 Å². The summed E-state index contributed by atoms with van der Waals surface area (Å²) < 4.78 is 0. The molecule has 1 fully saturated rings. The zero-order valence-electron chi connectivity index (χ0n) is 15.6. The minimum Gasteiger partial charge on any atom is -0.340 e. The van der Waals surface area contributed by atoms with E-state index in [1.165, 1.54) is 5.56 Å². The third kappa shape index (κ3) is 4.04. The Kier molecular flexibility index (Phi) is 5.22. The van der Waals surface area contributed by atoms with Gasteiger partial charge in [0.25, 0.3) is 0 Å². The molecule has 0 saturated carbocycles. The third-order valence-corrected chi connectivity index (χ3v) is 6.21. The number of thiazole rings is 1. The van der Waals surface area contributed by atoms with Crippen LogP contribution in [0.15, 0.2) is 29.6 Å². The highest BCUT2D eigenvalue weighted by molar-refractivity contribution is 7.09. The first-order chi connectivity index (χ1) is 13.1. The number of rotatable bonds is 4. The van der Waals surface area contributed by atoms with Gasteiger partial charge in [0, 0.05) is 49.5 Å². The lowest BCUT2D eigenvalue weighted by Crippen LogP contribution is -2.51. The number of hydrogen-bond acceptors (Lipinski definition) is 5. The summed E-state index contributed by atoms with van der Waals surface area (Å²) in [6.07, 6.45) is 1.31. The number of amides is 2. The third-order valence-electron chi connectivity index (χ3n) is 5.24. The number of para-hydroxylation sites is 1. The van der Waals surface area contributed by atoms with Crippen molar-refractivity contribution in [3.63, 3.8) is 0 Å². The quantitative estimate of drug-likeness (QED) is 0.806. The zero-order chi connectivity index (χ0) is 18.8. The van der Waals surface area contributed by atoms with Gasteiger partial charge >= 0.3 is 0 Å². The van der Waals surface area contributed by atoms with Crippen LogP contribution in [0, 0.1) is 6.92 Å². The predicted molar refractivity (Wildman–Crippen MR) is 106 cm³/mol. The van der Waals surface area contributed by atoms with Gasteiger partial charge in [0.2, 0.25) is 11.8 Å². The standard InChI is InChI=1S/C20H24N4O2S/c1-15-14-27-18(21-15)12-19(25)23-10-8-22(9-11-23)13-20(26)24-7-6-16-4-2-3-5-17(16)24/h2-5,14H,6-13H2,1H3. The summed E-state index contributed by atoms with van der Waals surface area (Å²) in [6.45, 7) is 5.96. The SMILES string of the molecule is Cc1csc(CC(=O)N2CCN(CC(=O)N3CCc4ccccc43)CC2)n1. The van der Waals surface area contributed by atoms with Crippen molar-refractivity contribution in [3.05, 3.63) is 45.9 Å². The highest BCUT2D eigenvalue weighted by Crippen LogP contribution is 2.27. The lowest BCUT2D eigenvalue weighted by Gasteiger charge is -2.35. The molecule has 142 valence electrons. The van der Waals surface area contributed by atoms with Crippen molar-refractivity contribution in [3.8, 4) is 0 Å². The Morgan fingerprint density at radius 1 is 1.07 bits per heavy atom. The topological polar surface area (TPSA) is 56.8 Å². The predicted octanol–water partition coefficient (Wildman–Crippen LogP) is 1.73. The summed E-state index contributed by atoms with van der Waals surface area (Å²) in [5.41, 5.74) is 3.27. The van der Waals surface area contributed by atoms with Crippen LogP contribution in [0.3, 0.4) is 0 Å². The Hall–Kier alpha value is -2.25. The second kappa shape index (κ2) is 7.78. The van der Waals surface area contributed by atoms with Crippen molar-refractivity contribution >= 4 is 28.8 Å². The van der Waals surface area contributed by atoms with E-state index in [4.69, 9.17) is 0 Å². The second-order valence-electron chi connectivity index (χ2n) is 7.14. The molecule has 2 amide bonds. The Labute approximate surface area is 163 Å². The molecule has 2 aromatic rings. The normalized spacial score (nSPS) is 17.2. The molecule has 0 aliphatic carbocycles. The summed E-state index contributed by atoms with van der Waals surface area (Å²) in [6, 6.07) is 8.13. The minimum atomic E-state index is 0.129. The molecule has 2 aliphatic heterocycles. The molecule has 2 aliphatic rings. The van der Waals surface area contributed by atoms with Gasteiger partial charge in [-0.1, -0.05) is 18.2 Å². The minimum absolute atomic E-state index is 0.129. The molecule has 0 atom stereocenters. The smallest absolute Gasteiger partial charge is 0.241 e. The summed E-state index contributed by atoms with van der Waals surface area (Å²) in [5.74, 6) is 0.279. The van der Waals surface area contributed by atoms with Gasteiger partial charge < -0.3 is 9.80 Å². The van der Waals surface area contributed by atoms with Gasteiger partial charge in [-0.3, -0.25) is 14.5 Å². The average molecular weight is 385 g/mol. The number of hydrogen-bond donors (Lipinski definition) is 0. The number of carbonyl (C=O) groups excluding carboxylic acids is 2. The molecule has 0 N–H and O–H groups in total. The van der Waals surface area contributed by atoms with E-state index < -0.39 is 0 Å². The largest absolute Gasteiger partial charge is 0.340 e. The first kappa shape index (κ1) is 18.1. The van der Waals surface area contributed by atoms with E-state index in [1.807, 2.05) is 40.3 Å². The molecule has 3 heterocycles. The van der Waals surface area contributed by atoms with Crippen molar-refractivity contribution in [2.45, 2.75) is 19.8 Å². The van der Waals surface area contributed by atoms with Crippen LogP contribution in [0.4, 0.5) is 5.69 Å². The number of piperazine rings is 1. The van der Waals surface area contributed by atoms with E-state index in [9.17, 15) is 9.59 Å². The zero-order valence-corrected chi connectivity index (χ0v) is 16.4. The molecule has 1 aromatic carbocycles. The molecule has 0 unspecified atom stereocenters. The van der Waals surface area contributed by atoms with Crippen molar-refractivity contribution in [2.24, 2.45) is 0 Å². The van der Waals surface area contributed by atoms with Gasteiger partial charge in [-0.25, -0.2) is 4.98 Å². The Balaban J connectivity index is 1.27. The average Bonchev–Trinajstić information content (AvgIpc) is 3.28. The highest BCUT2D eigenvalue weighted by atomic mass is 32.1. The number of anilines is 1. The van der Waals surface area contributed by atoms with Crippen LogP contribution in [0.2, 0.25) is 0 Å². The molecule has 1 saturated heterocycles. The molecule has 27 heavy (non-hydrogen) atoms. The van der Waals surface area contributed by atoms with Gasteiger partial charge in [-0.05, 0) is 25.0 Å². The fraction of sp³-hybridized carbons (Fsp3) is 0.450. The molecule has 0 spiro atoms. The maximum Gasteiger partial charge on any atom is 0.241 e. The van der Waals surface area contributed by atoms with E-state index in [1.54, 1.807) is 11.3 Å². The van der Waals surface area contributed by atoms with Crippen LogP contribution in [0.5, 0.6) is 0 Å². The van der Waals surface area contributed by atoms with Crippen molar-refractivity contribution < 1.29 is 9.59 Å². The fourth-order valence-corrected chi connectivity index (χ4v) is 4.52. The van der Waals surface area contributed by atoms with Crippen LogP contribution in [-0.2, 0) is 22.4 Å². The molecule has 7 heteroatoms. The molecule has 6 nitrogen and oxygen atoms in total. The molecular weight excluding hydrogens is 360 g/mol. The van der Waals surface area contributed by atoms with E-state index in [0.29, 0.717) is 26.1 Å². The lowest BCUT2D eigenvalue weighted by molar-refractivity contribution is -0.132. The van der Waals surface area contributed by atoms with Crippen LogP contribution in [0.25, 0.3) is 0 Å². The first-order valence-electron chi connectivity index (χ1n) is 9.39. The maximum absolute atomic E-state index is 12.7. The monoisotopic (exact) mass is 384 g/mol. The highest BCUT2D eigenvalue weighted by Gasteiger charge is 2.28. The van der Waals surface area contributed by atoms with Crippen molar-refractivity contribution in [1.82, 2.24) is 14.8 Å². The molecule has 0 radical (unpaired) electrons. The van der Waals surface area contributed by atoms with Crippen LogP contribution < -0.4 is 4.90 Å². The number of aryl methyl sites for hydroxylation is 1. The lowest BCUT2D eigenvalue weighted by atomic mass is 10.2. The van der Waals surface area contributed by atoms with E-state index in [0.717, 1.165) is 42.4 Å². The number of nitrogens with zero attached hydrogens (tertiary/aromatic N) is 4. The molecular formula is C20H24N4O2S. The van der Waals surface area contributed by atoms with Gasteiger partial charge in [0.05, 0.1) is 13.0 Å². The first-order valence-corrected chi connectivity index (χ1v) is 10.3. The summed E-state index contributed by atoms with van der Waals surface area (Å²) in [4.78, 5) is 35.5. The van der Waals surface area contributed by atoms with Crippen LogP contribution in [0.1, 0.15) is 16.3 Å². The maximum atomic E-state index is 12.7. The summed E-state index contributed by atoms with van der Waals surface area (Å²) in [5, 5.41) is 2.85. The number of benzene rings is 1. The van der Waals surface area contributed by atoms with Gasteiger partial charge in [0.1, 0.15) is 5.01 Å². The summed E-state index contributed by atoms with van der Waals surface area (Å²) >= 11 is 1.54. The number of carbonyl (C=O) groups is 2. The summed E-state index contributed by atoms with van der Waals surface area (Å²) in [7, 11) is 0. The van der Waals surface area contributed by atoms with E-state index >= 15 is 0 Å². The molecule has 0 bridgehead atoms. The van der Waals surface area contributed by atoms with E-state index in [-0.39, 0.29) is 11.8 Å². The van der Waals surface area contributed by atoms with E-state index in [2.05, 4.69) is 16.0 Å². The number of fused-ring (bicyclic) bond motifs is 1. The van der Waals surface area contributed by atoms with Gasteiger partial charge in [0.15, 0.2) is 0 Å². The van der Waals surface area contributed by atoms with Crippen LogP contribution >= 0.6 is 11.3 Å².